The molecule has 1 aromatic rings. The quantitative estimate of drug-likeness (QED) is 0.297. The fourth-order valence-corrected chi connectivity index (χ4v) is 3.66. The van der Waals surface area contributed by atoms with Gasteiger partial charge in [0.15, 0.2) is 6.10 Å². The number of aliphatic hydroxyl groups excluding tert-OH is 2. The highest BCUT2D eigenvalue weighted by Crippen LogP contribution is 2.31. The van der Waals surface area contributed by atoms with Gasteiger partial charge in [-0.05, 0) is 24.0 Å². The van der Waals surface area contributed by atoms with Crippen LogP contribution in [0.4, 0.5) is 0 Å². The van der Waals surface area contributed by atoms with E-state index in [-0.39, 0.29) is 5.92 Å². The number of carbonyl (C=O) groups is 3. The van der Waals surface area contributed by atoms with Crippen molar-refractivity contribution in [2.75, 3.05) is 7.11 Å². The third-order valence-electron chi connectivity index (χ3n) is 5.22. The molecule has 0 radical (unpaired) electrons. The van der Waals surface area contributed by atoms with Crippen LogP contribution in [0.2, 0.25) is 0 Å². The summed E-state index contributed by atoms with van der Waals surface area (Å²) in [7, 11) is 1.46. The van der Waals surface area contributed by atoms with Crippen molar-refractivity contribution in [3.8, 4) is 5.75 Å². The van der Waals surface area contributed by atoms with Crippen LogP contribution in [0.5, 0.6) is 5.75 Å². The molecule has 2 rings (SSSR count). The van der Waals surface area contributed by atoms with E-state index < -0.39 is 54.7 Å². The molecule has 0 bridgehead atoms. The third kappa shape index (κ3) is 6.16. The number of methoxy groups -OCH3 is 1. The van der Waals surface area contributed by atoms with Crippen molar-refractivity contribution < 1.29 is 44.9 Å². The molecule has 0 aliphatic carbocycles. The van der Waals surface area contributed by atoms with E-state index in [1.54, 1.807) is 18.2 Å². The van der Waals surface area contributed by atoms with Gasteiger partial charge in [-0.25, -0.2) is 4.79 Å². The zero-order chi connectivity index (χ0) is 23.3. The van der Waals surface area contributed by atoms with Crippen LogP contribution >= 0.6 is 0 Å². The number of carboxylic acid groups (broad SMARTS) is 1. The second-order valence-corrected chi connectivity index (χ2v) is 8.16. The van der Waals surface area contributed by atoms with Gasteiger partial charge in [0.1, 0.15) is 29.6 Å². The number of hydrogen-bond acceptors (Lipinski definition) is 8. The molecule has 1 heterocycles. The molecule has 5 atom stereocenters. The molecule has 1 amide bonds. The van der Waals surface area contributed by atoms with Gasteiger partial charge in [-0.1, -0.05) is 26.0 Å². The van der Waals surface area contributed by atoms with Gasteiger partial charge in [-0.15, -0.1) is 0 Å². The van der Waals surface area contributed by atoms with Crippen molar-refractivity contribution in [1.29, 1.82) is 0 Å². The summed E-state index contributed by atoms with van der Waals surface area (Å²) in [5, 5.41) is 33.6. The Morgan fingerprint density at radius 3 is 2.61 bits per heavy atom. The van der Waals surface area contributed by atoms with Crippen molar-refractivity contribution >= 4 is 17.8 Å². The number of carbonyl (C=O) groups excluding carboxylic acids is 3. The number of fused-ring (bicyclic) bond motifs is 1. The van der Waals surface area contributed by atoms with Crippen LogP contribution in [-0.4, -0.2) is 65.6 Å². The highest BCUT2D eigenvalue weighted by Gasteiger charge is 2.38. The summed E-state index contributed by atoms with van der Waals surface area (Å²) in [6.45, 7) is 3.86. The first kappa shape index (κ1) is 24.6. The molecule has 5 unspecified atom stereocenters. The lowest BCUT2D eigenvalue weighted by molar-refractivity contribution is -0.444. The average molecular weight is 438 g/mol. The number of aliphatic hydroxyl groups is 2. The minimum atomic E-state index is -1.90. The summed E-state index contributed by atoms with van der Waals surface area (Å²) < 4.78 is 10.8. The highest BCUT2D eigenvalue weighted by atomic mass is 16.5. The maximum Gasteiger partial charge on any atom is 0.342 e. The van der Waals surface area contributed by atoms with E-state index in [0.29, 0.717) is 24.2 Å². The number of carboxylic acids is 1. The van der Waals surface area contributed by atoms with E-state index in [4.69, 9.17) is 9.47 Å². The van der Waals surface area contributed by atoms with Crippen LogP contribution in [0.15, 0.2) is 18.2 Å². The third-order valence-corrected chi connectivity index (χ3v) is 5.22. The molecule has 10 heteroatoms. The largest absolute Gasteiger partial charge is 0.550 e. The van der Waals surface area contributed by atoms with E-state index in [0.717, 1.165) is 5.56 Å². The normalized spacial score (nSPS) is 19.6. The number of ether oxygens (including phenoxy) is 2. The monoisotopic (exact) mass is 438 g/mol. The topological polar surface area (TPSA) is 173 Å². The second kappa shape index (κ2) is 10.6. The number of benzene rings is 1. The van der Waals surface area contributed by atoms with E-state index in [1.165, 1.54) is 7.11 Å². The number of rotatable bonds is 10. The number of quaternary nitrogens is 1. The molecule has 1 aliphatic rings. The predicted molar refractivity (Wildman–Crippen MR) is 106 cm³/mol. The van der Waals surface area contributed by atoms with E-state index >= 15 is 0 Å². The fourth-order valence-electron chi connectivity index (χ4n) is 3.66. The standard InChI is InChI=1S/C21H30N2O8/c1-10(2)7-13(23-20(28)19(27)18(26)12(22)9-16(24)25)15-8-11-5-4-6-14(30-3)17(11)21(29)31-15/h4-6,10,12-13,15,18-19,26-27H,7-9,22H2,1-3H3,(H,23,28)(H,24,25). The Kier molecular flexibility index (Phi) is 8.37. The van der Waals surface area contributed by atoms with Gasteiger partial charge < -0.3 is 40.6 Å². The van der Waals surface area contributed by atoms with Crippen molar-refractivity contribution in [1.82, 2.24) is 5.32 Å². The summed E-state index contributed by atoms with van der Waals surface area (Å²) >= 11 is 0. The minimum Gasteiger partial charge on any atom is -0.550 e. The van der Waals surface area contributed by atoms with Crippen LogP contribution < -0.4 is 20.9 Å². The first-order chi connectivity index (χ1) is 14.5. The van der Waals surface area contributed by atoms with Gasteiger partial charge in [-0.3, -0.25) is 4.79 Å². The Bertz CT molecular complexity index is 813. The van der Waals surface area contributed by atoms with Gasteiger partial charge in [-0.2, -0.15) is 0 Å². The first-order valence-electron chi connectivity index (χ1n) is 10.1. The van der Waals surface area contributed by atoms with Gasteiger partial charge in [0.05, 0.1) is 13.2 Å². The number of nitrogens with one attached hydrogen (secondary N) is 1. The molecule has 0 saturated heterocycles. The fraction of sp³-hybridized carbons (Fsp3) is 0.571. The summed E-state index contributed by atoms with van der Waals surface area (Å²) in [6, 6.07) is 3.43. The average Bonchev–Trinajstić information content (AvgIpc) is 2.70. The van der Waals surface area contributed by atoms with Crippen LogP contribution in [0, 0.1) is 5.92 Å². The van der Waals surface area contributed by atoms with E-state index in [2.05, 4.69) is 11.1 Å². The van der Waals surface area contributed by atoms with Crippen molar-refractivity contribution in [3.05, 3.63) is 29.3 Å². The van der Waals surface area contributed by atoms with Crippen LogP contribution in [-0.2, 0) is 20.7 Å². The maximum absolute atomic E-state index is 12.6. The minimum absolute atomic E-state index is 0.122. The van der Waals surface area contributed by atoms with Crippen LogP contribution in [0.1, 0.15) is 42.6 Å². The SMILES string of the molecule is COc1cccc2c1C(=O)OC(C(CC(C)C)NC(=O)C(O)C(O)C([NH3+])CC(=O)[O-])C2. The van der Waals surface area contributed by atoms with E-state index in [9.17, 15) is 29.7 Å². The van der Waals surface area contributed by atoms with Gasteiger partial charge in [0.2, 0.25) is 0 Å². The van der Waals surface area contributed by atoms with Crippen molar-refractivity contribution in [2.45, 2.75) is 63.5 Å². The summed E-state index contributed by atoms with van der Waals surface area (Å²) in [5.74, 6) is -2.40. The van der Waals surface area contributed by atoms with Gasteiger partial charge in [0, 0.05) is 18.8 Å². The zero-order valence-electron chi connectivity index (χ0n) is 17.9. The number of cyclic esters (lactones) is 1. The van der Waals surface area contributed by atoms with Gasteiger partial charge >= 0.3 is 5.97 Å². The first-order valence-corrected chi connectivity index (χ1v) is 10.1. The molecule has 0 aromatic heterocycles. The van der Waals surface area contributed by atoms with Gasteiger partial charge in [0.25, 0.3) is 5.91 Å². The smallest absolute Gasteiger partial charge is 0.342 e. The Morgan fingerprint density at radius 1 is 1.35 bits per heavy atom. The molecule has 0 spiro atoms. The van der Waals surface area contributed by atoms with Crippen LogP contribution in [0.3, 0.4) is 0 Å². The molecule has 172 valence electrons. The molecule has 0 fully saturated rings. The lowest BCUT2D eigenvalue weighted by atomic mass is 9.90. The summed E-state index contributed by atoms with van der Waals surface area (Å²) in [5.41, 5.74) is 4.52. The molecular weight excluding hydrogens is 408 g/mol. The van der Waals surface area contributed by atoms with Crippen LogP contribution in [0.25, 0.3) is 0 Å². The molecule has 6 N–H and O–H groups in total. The van der Waals surface area contributed by atoms with Crippen molar-refractivity contribution in [2.24, 2.45) is 5.92 Å². The van der Waals surface area contributed by atoms with E-state index in [1.807, 2.05) is 13.8 Å². The Labute approximate surface area is 180 Å². The molecule has 0 saturated carbocycles. The van der Waals surface area contributed by atoms with Crippen molar-refractivity contribution in [3.63, 3.8) is 0 Å². The Balaban J connectivity index is 2.17. The molecule has 1 aromatic carbocycles. The molecular formula is C21H30N2O8. The summed E-state index contributed by atoms with van der Waals surface area (Å²) in [4.78, 5) is 35.9. The Morgan fingerprint density at radius 2 is 2.03 bits per heavy atom. The lowest BCUT2D eigenvalue weighted by Gasteiger charge is -2.34. The Hall–Kier alpha value is -2.69. The zero-order valence-corrected chi connectivity index (χ0v) is 17.9. The number of esters is 1. The molecule has 10 nitrogen and oxygen atoms in total. The number of amides is 1. The number of aliphatic carboxylic acids is 1. The lowest BCUT2D eigenvalue weighted by Crippen LogP contribution is -2.71. The summed E-state index contributed by atoms with van der Waals surface area (Å²) in [6.07, 6.45) is -4.13. The maximum atomic E-state index is 12.6. The predicted octanol–water partition coefficient (Wildman–Crippen LogP) is -2.22. The highest BCUT2D eigenvalue weighted by molar-refractivity contribution is 5.95. The number of hydrogen-bond donors (Lipinski definition) is 4. The molecule has 1 aliphatic heterocycles. The second-order valence-electron chi connectivity index (χ2n) is 8.16. The molecule has 31 heavy (non-hydrogen) atoms.